The molecule has 1 heterocycles. The smallest absolute Gasteiger partial charge is 0.325 e. The van der Waals surface area contributed by atoms with Crippen molar-refractivity contribution in [1.29, 1.82) is 0 Å². The summed E-state index contributed by atoms with van der Waals surface area (Å²) >= 11 is 1.16. The number of H-pyrrole nitrogens is 1. The Bertz CT molecular complexity index is 1380. The number of benzene rings is 3. The van der Waals surface area contributed by atoms with Crippen LogP contribution in [0, 0.1) is 6.92 Å². The van der Waals surface area contributed by atoms with Crippen LogP contribution < -0.4 is 16.3 Å². The Morgan fingerprint density at radius 2 is 1.74 bits per heavy atom. The van der Waals surface area contributed by atoms with Gasteiger partial charge < -0.3 is 10.6 Å². The molecule has 3 N–H and O–H groups in total. The van der Waals surface area contributed by atoms with Crippen molar-refractivity contribution in [3.8, 4) is 0 Å². The summed E-state index contributed by atoms with van der Waals surface area (Å²) in [6, 6.07) is 24.2. The molecular formula is C26H25N5O3S. The molecule has 35 heavy (non-hydrogen) atoms. The van der Waals surface area contributed by atoms with E-state index in [4.69, 9.17) is 0 Å². The molecule has 0 saturated heterocycles. The van der Waals surface area contributed by atoms with Gasteiger partial charge in [-0.1, -0.05) is 66.4 Å². The number of thioether (sulfide) groups is 1. The molecule has 1 aromatic heterocycles. The number of rotatable bonds is 9. The second-order valence-electron chi connectivity index (χ2n) is 7.90. The molecule has 0 saturated carbocycles. The van der Waals surface area contributed by atoms with E-state index in [0.29, 0.717) is 35.1 Å². The van der Waals surface area contributed by atoms with Crippen LogP contribution in [0.25, 0.3) is 0 Å². The minimum absolute atomic E-state index is 0.0312. The van der Waals surface area contributed by atoms with E-state index < -0.39 is 0 Å². The monoisotopic (exact) mass is 487 g/mol. The van der Waals surface area contributed by atoms with E-state index in [1.807, 2.05) is 61.5 Å². The zero-order chi connectivity index (χ0) is 24.6. The summed E-state index contributed by atoms with van der Waals surface area (Å²) < 4.78 is 1.52. The van der Waals surface area contributed by atoms with Gasteiger partial charge in [0.05, 0.1) is 17.0 Å². The first-order valence-corrected chi connectivity index (χ1v) is 12.1. The molecule has 0 spiro atoms. The quantitative estimate of drug-likeness (QED) is 0.308. The van der Waals surface area contributed by atoms with Crippen LogP contribution >= 0.6 is 11.8 Å². The summed E-state index contributed by atoms with van der Waals surface area (Å²) in [4.78, 5) is 37.7. The Balaban J connectivity index is 1.38. The SMILES string of the molecule is Cc1cccc(NC(=O)c2ccccc2NC(=O)CSc2n[nH]c(=O)n2CCc2ccccc2)c1. The molecule has 8 nitrogen and oxygen atoms in total. The van der Waals surface area contributed by atoms with Crippen molar-refractivity contribution in [3.05, 3.63) is 106 Å². The Kier molecular flexibility index (Phi) is 7.79. The number of amides is 2. The standard InChI is InChI=1S/C26H25N5O3S/c1-18-8-7-11-20(16-18)27-24(33)21-12-5-6-13-22(21)28-23(32)17-35-26-30-29-25(34)31(26)15-14-19-9-3-2-4-10-19/h2-13,16H,14-15,17H2,1H3,(H,27,33)(H,28,32)(H,29,34). The maximum absolute atomic E-state index is 12.8. The van der Waals surface area contributed by atoms with Gasteiger partial charge in [-0.2, -0.15) is 0 Å². The topological polar surface area (TPSA) is 109 Å². The summed E-state index contributed by atoms with van der Waals surface area (Å²) in [5, 5.41) is 12.6. The molecule has 0 bridgehead atoms. The number of nitrogens with one attached hydrogen (secondary N) is 3. The summed E-state index contributed by atoms with van der Waals surface area (Å²) in [5.41, 5.74) is 3.26. The lowest BCUT2D eigenvalue weighted by Gasteiger charge is -2.12. The second kappa shape index (κ2) is 11.3. The zero-order valence-electron chi connectivity index (χ0n) is 19.2. The minimum atomic E-state index is -0.318. The first kappa shape index (κ1) is 24.0. The van der Waals surface area contributed by atoms with Crippen LogP contribution in [0.3, 0.4) is 0 Å². The van der Waals surface area contributed by atoms with Crippen molar-refractivity contribution in [2.45, 2.75) is 25.0 Å². The van der Waals surface area contributed by atoms with Gasteiger partial charge in [-0.05, 0) is 48.7 Å². The molecule has 0 aliphatic carbocycles. The molecule has 178 valence electrons. The molecule has 0 radical (unpaired) electrons. The van der Waals surface area contributed by atoms with E-state index in [9.17, 15) is 14.4 Å². The number of anilines is 2. The third-order valence-electron chi connectivity index (χ3n) is 5.24. The van der Waals surface area contributed by atoms with E-state index in [1.54, 1.807) is 24.3 Å². The van der Waals surface area contributed by atoms with E-state index in [-0.39, 0.29) is 23.3 Å². The van der Waals surface area contributed by atoms with Gasteiger partial charge in [0.25, 0.3) is 5.91 Å². The number of nitrogens with zero attached hydrogens (tertiary/aromatic N) is 2. The van der Waals surface area contributed by atoms with Gasteiger partial charge in [-0.25, -0.2) is 9.89 Å². The van der Waals surface area contributed by atoms with E-state index in [2.05, 4.69) is 20.8 Å². The van der Waals surface area contributed by atoms with Crippen LogP contribution in [-0.4, -0.2) is 32.3 Å². The number of aryl methyl sites for hydroxylation is 2. The van der Waals surface area contributed by atoms with Crippen LogP contribution in [-0.2, 0) is 17.8 Å². The van der Waals surface area contributed by atoms with Gasteiger partial charge in [0.1, 0.15) is 0 Å². The third kappa shape index (κ3) is 6.48. The molecular weight excluding hydrogens is 462 g/mol. The van der Waals surface area contributed by atoms with Gasteiger partial charge in [-0.15, -0.1) is 5.10 Å². The fraction of sp³-hybridized carbons (Fsp3) is 0.154. The largest absolute Gasteiger partial charge is 0.343 e. The average Bonchev–Trinajstić information content (AvgIpc) is 3.21. The molecule has 4 aromatic rings. The number of aromatic nitrogens is 3. The highest BCUT2D eigenvalue weighted by atomic mass is 32.2. The molecule has 9 heteroatoms. The summed E-state index contributed by atoms with van der Waals surface area (Å²) in [5.74, 6) is -0.597. The maximum atomic E-state index is 12.8. The highest BCUT2D eigenvalue weighted by molar-refractivity contribution is 7.99. The Labute approximate surface area is 206 Å². The first-order chi connectivity index (χ1) is 17.0. The molecule has 0 aliphatic heterocycles. The van der Waals surface area contributed by atoms with Crippen molar-refractivity contribution in [1.82, 2.24) is 14.8 Å². The van der Waals surface area contributed by atoms with Gasteiger partial charge >= 0.3 is 5.69 Å². The highest BCUT2D eigenvalue weighted by Gasteiger charge is 2.15. The number of aromatic amines is 1. The molecule has 0 fully saturated rings. The molecule has 2 amide bonds. The predicted octanol–water partition coefficient (Wildman–Crippen LogP) is 4.11. The van der Waals surface area contributed by atoms with Crippen molar-refractivity contribution in [2.24, 2.45) is 0 Å². The number of carbonyl (C=O) groups is 2. The normalized spacial score (nSPS) is 10.7. The molecule has 0 aliphatic rings. The van der Waals surface area contributed by atoms with Crippen molar-refractivity contribution < 1.29 is 9.59 Å². The molecule has 3 aromatic carbocycles. The minimum Gasteiger partial charge on any atom is -0.325 e. The number of para-hydroxylation sites is 1. The Morgan fingerprint density at radius 3 is 2.54 bits per heavy atom. The number of carbonyl (C=O) groups excluding carboxylic acids is 2. The average molecular weight is 488 g/mol. The fourth-order valence-electron chi connectivity index (χ4n) is 3.52. The van der Waals surface area contributed by atoms with Crippen LogP contribution in [0.2, 0.25) is 0 Å². The second-order valence-corrected chi connectivity index (χ2v) is 8.85. The highest BCUT2D eigenvalue weighted by Crippen LogP contribution is 2.20. The van der Waals surface area contributed by atoms with Crippen LogP contribution in [0.1, 0.15) is 21.5 Å². The predicted molar refractivity (Wildman–Crippen MR) is 138 cm³/mol. The zero-order valence-corrected chi connectivity index (χ0v) is 20.0. The molecule has 4 rings (SSSR count). The number of hydrogen-bond donors (Lipinski definition) is 3. The van der Waals surface area contributed by atoms with E-state index in [1.165, 1.54) is 4.57 Å². The van der Waals surface area contributed by atoms with Gasteiger partial charge in [0, 0.05) is 12.2 Å². The summed E-state index contributed by atoms with van der Waals surface area (Å²) in [6.07, 6.45) is 0.670. The van der Waals surface area contributed by atoms with Crippen molar-refractivity contribution in [3.63, 3.8) is 0 Å². The first-order valence-electron chi connectivity index (χ1n) is 11.1. The van der Waals surface area contributed by atoms with Gasteiger partial charge in [0.2, 0.25) is 5.91 Å². The Morgan fingerprint density at radius 1 is 0.971 bits per heavy atom. The van der Waals surface area contributed by atoms with E-state index in [0.717, 1.165) is 22.9 Å². The van der Waals surface area contributed by atoms with Gasteiger partial charge in [-0.3, -0.25) is 14.2 Å². The molecule has 0 unspecified atom stereocenters. The van der Waals surface area contributed by atoms with E-state index >= 15 is 0 Å². The van der Waals surface area contributed by atoms with Crippen LogP contribution in [0.4, 0.5) is 11.4 Å². The lowest BCUT2D eigenvalue weighted by Crippen LogP contribution is -2.21. The van der Waals surface area contributed by atoms with Gasteiger partial charge in [0.15, 0.2) is 5.16 Å². The maximum Gasteiger partial charge on any atom is 0.343 e. The van der Waals surface area contributed by atoms with Crippen molar-refractivity contribution >= 4 is 35.0 Å². The lowest BCUT2D eigenvalue weighted by molar-refractivity contribution is -0.113. The lowest BCUT2D eigenvalue weighted by atomic mass is 10.1. The fourth-order valence-corrected chi connectivity index (χ4v) is 4.30. The van der Waals surface area contributed by atoms with Crippen molar-refractivity contribution in [2.75, 3.05) is 16.4 Å². The summed E-state index contributed by atoms with van der Waals surface area (Å²) in [6.45, 7) is 2.40. The molecule has 0 atom stereocenters. The van der Waals surface area contributed by atoms with Crippen LogP contribution in [0.5, 0.6) is 0 Å². The number of hydrogen-bond acceptors (Lipinski definition) is 5. The Hall–Kier alpha value is -4.11. The summed E-state index contributed by atoms with van der Waals surface area (Å²) in [7, 11) is 0. The third-order valence-corrected chi connectivity index (χ3v) is 6.22. The van der Waals surface area contributed by atoms with Crippen LogP contribution in [0.15, 0.2) is 88.8 Å².